The van der Waals surface area contributed by atoms with Gasteiger partial charge in [0.1, 0.15) is 5.75 Å². The SMILES string of the molecule is COc1ccc([C@H]2CCCN2C(=O)C[C@@H]2C[C@H]3CC[C@H]2C3)cc1. The lowest BCUT2D eigenvalue weighted by molar-refractivity contribution is -0.133. The van der Waals surface area contributed by atoms with Gasteiger partial charge in [-0.2, -0.15) is 0 Å². The van der Waals surface area contributed by atoms with Crippen molar-refractivity contribution in [3.63, 3.8) is 0 Å². The third-order valence-corrected chi connectivity index (χ3v) is 6.40. The van der Waals surface area contributed by atoms with Gasteiger partial charge < -0.3 is 9.64 Å². The molecule has 2 aliphatic carbocycles. The van der Waals surface area contributed by atoms with E-state index in [9.17, 15) is 4.79 Å². The van der Waals surface area contributed by atoms with E-state index in [1.165, 1.54) is 31.2 Å². The maximum atomic E-state index is 12.9. The molecule has 4 atom stereocenters. The summed E-state index contributed by atoms with van der Waals surface area (Å²) in [6.45, 7) is 0.927. The second-order valence-electron chi connectivity index (χ2n) is 7.66. The Balaban J connectivity index is 1.43. The van der Waals surface area contributed by atoms with Crippen LogP contribution in [0.5, 0.6) is 5.75 Å². The van der Waals surface area contributed by atoms with E-state index in [0.717, 1.165) is 43.4 Å². The Morgan fingerprint density at radius 2 is 2.00 bits per heavy atom. The molecular formula is C20H27NO2. The molecule has 1 aromatic carbocycles. The second kappa shape index (κ2) is 6.18. The Hall–Kier alpha value is -1.51. The fraction of sp³-hybridized carbons (Fsp3) is 0.650. The van der Waals surface area contributed by atoms with Crippen molar-refractivity contribution in [2.24, 2.45) is 17.8 Å². The molecule has 0 radical (unpaired) electrons. The summed E-state index contributed by atoms with van der Waals surface area (Å²) in [6, 6.07) is 8.52. The fourth-order valence-electron chi connectivity index (χ4n) is 5.21. The molecule has 3 aliphatic rings. The topological polar surface area (TPSA) is 29.5 Å². The van der Waals surface area contributed by atoms with Gasteiger partial charge in [-0.15, -0.1) is 0 Å². The highest BCUT2D eigenvalue weighted by molar-refractivity contribution is 5.77. The Labute approximate surface area is 139 Å². The van der Waals surface area contributed by atoms with Crippen LogP contribution in [0, 0.1) is 17.8 Å². The lowest BCUT2D eigenvalue weighted by atomic mass is 9.86. The first-order valence-corrected chi connectivity index (χ1v) is 9.18. The van der Waals surface area contributed by atoms with E-state index in [2.05, 4.69) is 17.0 Å². The van der Waals surface area contributed by atoms with Crippen LogP contribution >= 0.6 is 0 Å². The largest absolute Gasteiger partial charge is 0.497 e. The Kier molecular flexibility index (Phi) is 4.04. The molecule has 0 N–H and O–H groups in total. The van der Waals surface area contributed by atoms with Crippen LogP contribution in [0.15, 0.2) is 24.3 Å². The Morgan fingerprint density at radius 3 is 2.65 bits per heavy atom. The number of likely N-dealkylation sites (tertiary alicyclic amines) is 1. The van der Waals surface area contributed by atoms with Crippen molar-refractivity contribution in [3.8, 4) is 5.75 Å². The highest BCUT2D eigenvalue weighted by Crippen LogP contribution is 2.50. The van der Waals surface area contributed by atoms with Crippen molar-refractivity contribution in [3.05, 3.63) is 29.8 Å². The number of carbonyl (C=O) groups excluding carboxylic acids is 1. The molecule has 3 nitrogen and oxygen atoms in total. The minimum absolute atomic E-state index is 0.270. The van der Waals surface area contributed by atoms with Gasteiger partial charge in [0, 0.05) is 13.0 Å². The van der Waals surface area contributed by atoms with Crippen LogP contribution in [-0.4, -0.2) is 24.5 Å². The van der Waals surface area contributed by atoms with Crippen molar-refractivity contribution in [1.82, 2.24) is 4.90 Å². The summed E-state index contributed by atoms with van der Waals surface area (Å²) in [5.41, 5.74) is 1.25. The first-order valence-electron chi connectivity index (χ1n) is 9.18. The molecule has 1 amide bonds. The average molecular weight is 313 g/mol. The van der Waals surface area contributed by atoms with Crippen LogP contribution < -0.4 is 4.74 Å². The van der Waals surface area contributed by atoms with E-state index < -0.39 is 0 Å². The monoisotopic (exact) mass is 313 g/mol. The lowest BCUT2D eigenvalue weighted by Gasteiger charge is -2.28. The summed E-state index contributed by atoms with van der Waals surface area (Å²) in [5.74, 6) is 3.70. The molecule has 1 aromatic rings. The number of fused-ring (bicyclic) bond motifs is 2. The molecule has 2 bridgehead atoms. The van der Waals surface area contributed by atoms with Gasteiger partial charge in [-0.3, -0.25) is 4.79 Å². The van der Waals surface area contributed by atoms with Gasteiger partial charge in [0.2, 0.25) is 5.91 Å². The van der Waals surface area contributed by atoms with E-state index in [1.807, 2.05) is 12.1 Å². The maximum absolute atomic E-state index is 12.9. The van der Waals surface area contributed by atoms with Crippen molar-refractivity contribution < 1.29 is 9.53 Å². The van der Waals surface area contributed by atoms with E-state index >= 15 is 0 Å². The normalized spacial score (nSPS) is 32.5. The van der Waals surface area contributed by atoms with Crippen LogP contribution in [0.1, 0.15) is 56.6 Å². The molecule has 3 heteroatoms. The fourth-order valence-corrected chi connectivity index (χ4v) is 5.21. The molecule has 0 spiro atoms. The molecule has 124 valence electrons. The Bertz CT molecular complexity index is 568. The van der Waals surface area contributed by atoms with Crippen LogP contribution in [0.2, 0.25) is 0 Å². The third-order valence-electron chi connectivity index (χ3n) is 6.40. The summed E-state index contributed by atoms with van der Waals surface area (Å²) in [4.78, 5) is 15.0. The summed E-state index contributed by atoms with van der Waals surface area (Å²) in [5, 5.41) is 0. The predicted molar refractivity (Wildman–Crippen MR) is 90.2 cm³/mol. The molecule has 23 heavy (non-hydrogen) atoms. The van der Waals surface area contributed by atoms with Gasteiger partial charge in [0.25, 0.3) is 0 Å². The van der Waals surface area contributed by atoms with Crippen LogP contribution in [0.3, 0.4) is 0 Å². The van der Waals surface area contributed by atoms with Gasteiger partial charge >= 0.3 is 0 Å². The minimum atomic E-state index is 0.270. The minimum Gasteiger partial charge on any atom is -0.497 e. The molecule has 3 fully saturated rings. The van der Waals surface area contributed by atoms with E-state index in [1.54, 1.807) is 7.11 Å². The number of carbonyl (C=O) groups is 1. The number of amides is 1. The molecule has 0 unspecified atom stereocenters. The highest BCUT2D eigenvalue weighted by atomic mass is 16.5. The molecule has 1 saturated heterocycles. The van der Waals surface area contributed by atoms with Crippen molar-refractivity contribution in [1.29, 1.82) is 0 Å². The number of methoxy groups -OCH3 is 1. The maximum Gasteiger partial charge on any atom is 0.223 e. The molecular weight excluding hydrogens is 286 g/mol. The number of rotatable bonds is 4. The van der Waals surface area contributed by atoms with E-state index in [4.69, 9.17) is 4.74 Å². The van der Waals surface area contributed by atoms with Gasteiger partial charge in [-0.25, -0.2) is 0 Å². The molecule has 1 heterocycles. The first-order chi connectivity index (χ1) is 11.2. The van der Waals surface area contributed by atoms with Gasteiger partial charge in [-0.05, 0) is 67.6 Å². The summed E-state index contributed by atoms with van der Waals surface area (Å²) in [6.07, 6.45) is 8.47. The van der Waals surface area contributed by atoms with Crippen molar-refractivity contribution in [2.45, 2.75) is 51.0 Å². The third kappa shape index (κ3) is 2.86. The van der Waals surface area contributed by atoms with Crippen LogP contribution in [0.4, 0.5) is 0 Å². The number of hydrogen-bond donors (Lipinski definition) is 0. The first kappa shape index (κ1) is 15.0. The van der Waals surface area contributed by atoms with Gasteiger partial charge in [0.15, 0.2) is 0 Å². The van der Waals surface area contributed by atoms with Crippen LogP contribution in [-0.2, 0) is 4.79 Å². The standard InChI is InChI=1S/C20H27NO2/c1-23-18-8-6-15(7-9-18)19-3-2-10-21(19)20(22)13-17-12-14-4-5-16(17)11-14/h6-9,14,16-17,19H,2-5,10-13H2,1H3/t14-,16-,17-,19+/m0/s1. The zero-order valence-electron chi connectivity index (χ0n) is 14.0. The number of nitrogens with zero attached hydrogens (tertiary/aromatic N) is 1. The zero-order chi connectivity index (χ0) is 15.8. The summed E-state index contributed by atoms with van der Waals surface area (Å²) < 4.78 is 5.24. The molecule has 0 aromatic heterocycles. The quantitative estimate of drug-likeness (QED) is 0.834. The van der Waals surface area contributed by atoms with Gasteiger partial charge in [0.05, 0.1) is 13.2 Å². The Morgan fingerprint density at radius 1 is 1.17 bits per heavy atom. The summed E-state index contributed by atoms with van der Waals surface area (Å²) >= 11 is 0. The molecule has 1 aliphatic heterocycles. The number of benzene rings is 1. The second-order valence-corrected chi connectivity index (χ2v) is 7.66. The lowest BCUT2D eigenvalue weighted by Crippen LogP contribution is -2.32. The molecule has 4 rings (SSSR count). The van der Waals surface area contributed by atoms with E-state index in [-0.39, 0.29) is 6.04 Å². The zero-order valence-corrected chi connectivity index (χ0v) is 14.0. The summed E-state index contributed by atoms with van der Waals surface area (Å²) in [7, 11) is 1.69. The van der Waals surface area contributed by atoms with Gasteiger partial charge in [-0.1, -0.05) is 18.6 Å². The number of hydrogen-bond acceptors (Lipinski definition) is 2. The number of ether oxygens (including phenoxy) is 1. The predicted octanol–water partition coefficient (Wildman–Crippen LogP) is 4.19. The highest BCUT2D eigenvalue weighted by Gasteiger charge is 2.41. The van der Waals surface area contributed by atoms with Crippen molar-refractivity contribution >= 4 is 5.91 Å². The smallest absolute Gasteiger partial charge is 0.223 e. The molecule has 2 saturated carbocycles. The van der Waals surface area contributed by atoms with Crippen molar-refractivity contribution in [2.75, 3.05) is 13.7 Å². The van der Waals surface area contributed by atoms with E-state index in [0.29, 0.717) is 11.8 Å². The van der Waals surface area contributed by atoms with Crippen LogP contribution in [0.25, 0.3) is 0 Å². The average Bonchev–Trinajstić information content (AvgIpc) is 3.31.